The molecule has 154 valence electrons. The number of hydrogen-bond donors (Lipinski definition) is 2. The van der Waals surface area contributed by atoms with Crippen molar-refractivity contribution in [1.29, 1.82) is 0 Å². The van der Waals surface area contributed by atoms with Crippen molar-refractivity contribution in [3.8, 4) is 17.0 Å². The van der Waals surface area contributed by atoms with Gasteiger partial charge in [-0.2, -0.15) is 8.78 Å². The molecule has 0 aliphatic carbocycles. The highest BCUT2D eigenvalue weighted by Gasteiger charge is 2.10. The first-order valence-electron chi connectivity index (χ1n) is 8.63. The quantitative estimate of drug-likeness (QED) is 0.260. The summed E-state index contributed by atoms with van der Waals surface area (Å²) < 4.78 is 29.6. The van der Waals surface area contributed by atoms with Crippen LogP contribution in [0.15, 0.2) is 65.0 Å². The van der Waals surface area contributed by atoms with Gasteiger partial charge in [0.15, 0.2) is 5.96 Å². The Balaban J connectivity index is 0.00000300. The van der Waals surface area contributed by atoms with Crippen molar-refractivity contribution in [3.63, 3.8) is 0 Å². The predicted octanol–water partition coefficient (Wildman–Crippen LogP) is 4.89. The number of hydrogen-bond acceptors (Lipinski definition) is 4. The van der Waals surface area contributed by atoms with Gasteiger partial charge >= 0.3 is 6.61 Å². The minimum Gasteiger partial charge on any atom is -0.434 e. The molecule has 1 heterocycles. The van der Waals surface area contributed by atoms with Crippen LogP contribution in [-0.4, -0.2) is 24.6 Å². The fraction of sp³-hybridized carbons (Fsp3) is 0.200. The number of nitrogens with zero attached hydrogens (tertiary/aromatic N) is 2. The molecule has 1 aromatic heterocycles. The summed E-state index contributed by atoms with van der Waals surface area (Å²) in [6, 6.07) is 16.6. The lowest BCUT2D eigenvalue weighted by molar-refractivity contribution is -0.0504. The maximum absolute atomic E-state index is 12.5. The topological polar surface area (TPSA) is 58.5 Å². The number of alkyl halides is 2. The lowest BCUT2D eigenvalue weighted by Gasteiger charge is -2.14. The fourth-order valence-corrected chi connectivity index (χ4v) is 3.30. The zero-order chi connectivity index (χ0) is 19.8. The second-order valence-corrected chi connectivity index (χ2v) is 6.70. The fourth-order valence-electron chi connectivity index (χ4n) is 2.55. The van der Waals surface area contributed by atoms with Crippen LogP contribution < -0.4 is 15.4 Å². The summed E-state index contributed by atoms with van der Waals surface area (Å²) in [5, 5.41) is 9.21. The van der Waals surface area contributed by atoms with Gasteiger partial charge in [-0.3, -0.25) is 4.99 Å². The van der Waals surface area contributed by atoms with E-state index in [2.05, 4.69) is 25.3 Å². The monoisotopic (exact) mass is 530 g/mol. The van der Waals surface area contributed by atoms with E-state index in [4.69, 9.17) is 0 Å². The molecule has 0 bridgehead atoms. The van der Waals surface area contributed by atoms with Gasteiger partial charge in [0.05, 0.1) is 12.2 Å². The molecule has 3 rings (SSSR count). The largest absolute Gasteiger partial charge is 0.434 e. The molecule has 9 heteroatoms. The first-order chi connectivity index (χ1) is 13.7. The van der Waals surface area contributed by atoms with Gasteiger partial charge in [-0.05, 0) is 6.07 Å². The molecular weight excluding hydrogens is 509 g/mol. The summed E-state index contributed by atoms with van der Waals surface area (Å²) in [5.74, 6) is 0.691. The Morgan fingerprint density at radius 2 is 1.76 bits per heavy atom. The van der Waals surface area contributed by atoms with Crippen molar-refractivity contribution >= 4 is 41.3 Å². The number of guanidine groups is 1. The van der Waals surface area contributed by atoms with Gasteiger partial charge in [-0.1, -0.05) is 48.5 Å². The molecule has 0 radical (unpaired) electrons. The van der Waals surface area contributed by atoms with E-state index < -0.39 is 6.61 Å². The van der Waals surface area contributed by atoms with Crippen molar-refractivity contribution in [3.05, 3.63) is 70.5 Å². The second kappa shape index (κ2) is 11.7. The van der Waals surface area contributed by atoms with Crippen LogP contribution >= 0.6 is 35.3 Å². The summed E-state index contributed by atoms with van der Waals surface area (Å²) in [6.07, 6.45) is 0. The first-order valence-corrected chi connectivity index (χ1v) is 9.50. The average Bonchev–Trinajstić information content (AvgIpc) is 3.18. The number of aromatic nitrogens is 1. The second-order valence-electron chi connectivity index (χ2n) is 5.76. The molecule has 29 heavy (non-hydrogen) atoms. The third-order valence-electron chi connectivity index (χ3n) is 3.89. The molecule has 0 saturated heterocycles. The molecule has 0 spiro atoms. The van der Waals surface area contributed by atoms with Crippen molar-refractivity contribution in [2.75, 3.05) is 7.05 Å². The Morgan fingerprint density at radius 1 is 1.07 bits per heavy atom. The molecule has 2 aromatic carbocycles. The van der Waals surface area contributed by atoms with Gasteiger partial charge in [0, 0.05) is 30.1 Å². The van der Waals surface area contributed by atoms with E-state index in [1.54, 1.807) is 36.6 Å². The van der Waals surface area contributed by atoms with E-state index in [0.29, 0.717) is 24.6 Å². The molecule has 5 nitrogen and oxygen atoms in total. The summed E-state index contributed by atoms with van der Waals surface area (Å²) in [7, 11) is 1.65. The van der Waals surface area contributed by atoms with Gasteiger partial charge in [0.1, 0.15) is 10.8 Å². The maximum Gasteiger partial charge on any atom is 0.387 e. The van der Waals surface area contributed by atoms with Gasteiger partial charge in [0.25, 0.3) is 0 Å². The summed E-state index contributed by atoms with van der Waals surface area (Å²) in [5.41, 5.74) is 2.62. The normalized spacial score (nSPS) is 11.1. The molecule has 0 fully saturated rings. The molecular formula is C20H21F2IN4OS. The zero-order valence-corrected chi connectivity index (χ0v) is 18.8. The Labute approximate surface area is 189 Å². The predicted molar refractivity (Wildman–Crippen MR) is 123 cm³/mol. The van der Waals surface area contributed by atoms with Gasteiger partial charge in [-0.15, -0.1) is 35.3 Å². The number of rotatable bonds is 7. The Bertz CT molecular complexity index is 922. The highest BCUT2D eigenvalue weighted by Crippen LogP contribution is 2.22. The molecule has 0 atom stereocenters. The smallest absolute Gasteiger partial charge is 0.387 e. The number of para-hydroxylation sites is 1. The number of benzene rings is 2. The van der Waals surface area contributed by atoms with Crippen molar-refractivity contribution in [1.82, 2.24) is 15.6 Å². The molecule has 2 N–H and O–H groups in total. The van der Waals surface area contributed by atoms with Crippen molar-refractivity contribution in [2.45, 2.75) is 19.7 Å². The average molecular weight is 530 g/mol. The third kappa shape index (κ3) is 6.93. The third-order valence-corrected chi connectivity index (χ3v) is 4.74. The SMILES string of the molecule is CN=C(NCc1nc(-c2ccccc2)cs1)NCc1ccccc1OC(F)F.I. The number of halogens is 3. The van der Waals surface area contributed by atoms with E-state index in [-0.39, 0.29) is 29.7 Å². The molecule has 0 unspecified atom stereocenters. The van der Waals surface area contributed by atoms with Crippen LogP contribution in [0.25, 0.3) is 11.3 Å². The standard InChI is InChI=1S/C20H20F2N4OS.HI/c1-23-20(24-11-15-9-5-6-10-17(15)27-19(21)22)25-12-18-26-16(13-28-18)14-7-3-2-4-8-14;/h2-10,13,19H,11-12H2,1H3,(H2,23,24,25);1H. The van der Waals surface area contributed by atoms with Crippen LogP contribution in [-0.2, 0) is 13.1 Å². The van der Waals surface area contributed by atoms with E-state index in [0.717, 1.165) is 16.3 Å². The zero-order valence-electron chi connectivity index (χ0n) is 15.6. The molecule has 0 saturated carbocycles. The maximum atomic E-state index is 12.5. The summed E-state index contributed by atoms with van der Waals surface area (Å²) in [4.78, 5) is 8.78. The van der Waals surface area contributed by atoms with E-state index in [1.807, 2.05) is 35.7 Å². The lowest BCUT2D eigenvalue weighted by atomic mass is 10.2. The number of thiazole rings is 1. The number of nitrogens with one attached hydrogen (secondary N) is 2. The Hall–Kier alpha value is -2.27. The summed E-state index contributed by atoms with van der Waals surface area (Å²) >= 11 is 1.56. The minimum absolute atomic E-state index is 0. The van der Waals surface area contributed by atoms with Gasteiger partial charge < -0.3 is 15.4 Å². The molecule has 3 aromatic rings. The van der Waals surface area contributed by atoms with Crippen molar-refractivity contribution in [2.24, 2.45) is 4.99 Å². The van der Waals surface area contributed by atoms with Crippen LogP contribution in [0, 0.1) is 0 Å². The van der Waals surface area contributed by atoms with Gasteiger partial charge in [0.2, 0.25) is 0 Å². The summed E-state index contributed by atoms with van der Waals surface area (Å²) in [6.45, 7) is -2.05. The molecule has 0 aliphatic rings. The van der Waals surface area contributed by atoms with Crippen LogP contribution in [0.3, 0.4) is 0 Å². The highest BCUT2D eigenvalue weighted by molar-refractivity contribution is 14.0. The first kappa shape index (κ1) is 23.0. The van der Waals surface area contributed by atoms with E-state index >= 15 is 0 Å². The minimum atomic E-state index is -2.86. The van der Waals surface area contributed by atoms with E-state index in [1.165, 1.54) is 6.07 Å². The number of aliphatic imine (C=N–C) groups is 1. The van der Waals surface area contributed by atoms with Crippen LogP contribution in [0.5, 0.6) is 5.75 Å². The van der Waals surface area contributed by atoms with Crippen LogP contribution in [0.2, 0.25) is 0 Å². The highest BCUT2D eigenvalue weighted by atomic mass is 127. The lowest BCUT2D eigenvalue weighted by Crippen LogP contribution is -2.36. The molecule has 0 aliphatic heterocycles. The van der Waals surface area contributed by atoms with Crippen LogP contribution in [0.1, 0.15) is 10.6 Å². The Kier molecular flexibility index (Phi) is 9.26. The van der Waals surface area contributed by atoms with E-state index in [9.17, 15) is 8.78 Å². The van der Waals surface area contributed by atoms with Gasteiger partial charge in [-0.25, -0.2) is 4.98 Å². The molecule has 0 amide bonds. The number of ether oxygens (including phenoxy) is 1. The van der Waals surface area contributed by atoms with Crippen LogP contribution in [0.4, 0.5) is 8.78 Å². The Morgan fingerprint density at radius 3 is 2.48 bits per heavy atom. The van der Waals surface area contributed by atoms with Crippen molar-refractivity contribution < 1.29 is 13.5 Å².